The Morgan fingerprint density at radius 2 is 1.64 bits per heavy atom. The van der Waals surface area contributed by atoms with Crippen molar-refractivity contribution in [3.05, 3.63) is 11.6 Å². The van der Waals surface area contributed by atoms with Gasteiger partial charge in [-0.05, 0) is 118 Å². The van der Waals surface area contributed by atoms with Crippen molar-refractivity contribution in [1.29, 1.82) is 0 Å². The minimum Gasteiger partial charge on any atom is -0.394 e. The van der Waals surface area contributed by atoms with Crippen LogP contribution in [0.5, 0.6) is 0 Å². The molecule has 66 heavy (non-hydrogen) atoms. The zero-order valence-electron chi connectivity index (χ0n) is 41.4. The SMILES string of the molecule is COCCOCCC(C(=O)NC(C)C)N(C(=O)C(C)(O)C(O)C(O[C@@H]1OC(CO)[C@H](O)[C@@H](O)C1O)C(O)CO)C1CC[C@@]2(C)C(=CC[C@H]3[C@@H]4CC[C@H]([C@H](C)CCCC(C)C)[C@@]4(C)CC[C@@H]32)C1. The summed E-state index contributed by atoms with van der Waals surface area (Å²) >= 11 is 0. The summed E-state index contributed by atoms with van der Waals surface area (Å²) < 4.78 is 22.2. The first-order valence-corrected chi connectivity index (χ1v) is 25.1. The van der Waals surface area contributed by atoms with E-state index in [9.17, 15) is 45.6 Å². The van der Waals surface area contributed by atoms with Crippen LogP contribution < -0.4 is 5.32 Å². The van der Waals surface area contributed by atoms with Crippen LogP contribution in [0.25, 0.3) is 0 Å². The molecule has 18 atom stereocenters. The molecule has 0 aromatic heterocycles. The van der Waals surface area contributed by atoms with Gasteiger partial charge < -0.3 is 70.0 Å². The van der Waals surface area contributed by atoms with Crippen molar-refractivity contribution in [2.75, 3.05) is 40.1 Å². The molecule has 0 aromatic rings. The molecule has 8 unspecified atom stereocenters. The largest absolute Gasteiger partial charge is 0.394 e. The Kier molecular flexibility index (Phi) is 19.6. The summed E-state index contributed by atoms with van der Waals surface area (Å²) in [5.74, 6) is 2.30. The molecule has 0 spiro atoms. The molecule has 4 aliphatic carbocycles. The van der Waals surface area contributed by atoms with Gasteiger partial charge in [0.2, 0.25) is 5.91 Å². The van der Waals surface area contributed by atoms with E-state index < -0.39 is 91.7 Å². The number of allylic oxidation sites excluding steroid dienone is 1. The van der Waals surface area contributed by atoms with Gasteiger partial charge in [0.1, 0.15) is 48.8 Å². The number of aliphatic hydroxyl groups is 8. The first kappa shape index (κ1) is 55.1. The number of nitrogens with one attached hydrogen (secondary N) is 1. The number of nitrogens with zero attached hydrogens (tertiary/aromatic N) is 1. The van der Waals surface area contributed by atoms with Gasteiger partial charge >= 0.3 is 0 Å². The molecule has 1 heterocycles. The zero-order valence-corrected chi connectivity index (χ0v) is 41.4. The van der Waals surface area contributed by atoms with Gasteiger partial charge in [-0.15, -0.1) is 0 Å². The molecule has 4 fully saturated rings. The first-order valence-electron chi connectivity index (χ1n) is 25.1. The molecule has 1 saturated heterocycles. The summed E-state index contributed by atoms with van der Waals surface area (Å²) in [4.78, 5) is 31.0. The maximum Gasteiger partial charge on any atom is 0.258 e. The third-order valence-corrected chi connectivity index (χ3v) is 17.0. The predicted octanol–water partition coefficient (Wildman–Crippen LogP) is 2.82. The molecule has 3 saturated carbocycles. The van der Waals surface area contributed by atoms with E-state index in [0.29, 0.717) is 48.5 Å². The zero-order chi connectivity index (χ0) is 48.9. The highest BCUT2D eigenvalue weighted by Crippen LogP contribution is 2.67. The van der Waals surface area contributed by atoms with Gasteiger partial charge in [-0.1, -0.05) is 65.5 Å². The van der Waals surface area contributed by atoms with Crippen LogP contribution in [0.2, 0.25) is 0 Å². The Labute approximate surface area is 393 Å². The molecule has 0 aromatic carbocycles. The summed E-state index contributed by atoms with van der Waals surface area (Å²) in [6, 6.07) is -2.08. The van der Waals surface area contributed by atoms with Crippen molar-refractivity contribution in [2.24, 2.45) is 46.3 Å². The van der Waals surface area contributed by atoms with Crippen molar-refractivity contribution in [3.8, 4) is 0 Å². The fourth-order valence-electron chi connectivity index (χ4n) is 13.2. The maximum absolute atomic E-state index is 15.3. The molecule has 9 N–H and O–H groups in total. The lowest BCUT2D eigenvalue weighted by Gasteiger charge is -2.59. The van der Waals surface area contributed by atoms with Gasteiger partial charge in [0.25, 0.3) is 5.91 Å². The van der Waals surface area contributed by atoms with Crippen LogP contribution in [0.3, 0.4) is 0 Å². The number of rotatable bonds is 23. The quantitative estimate of drug-likeness (QED) is 0.0529. The van der Waals surface area contributed by atoms with Crippen molar-refractivity contribution in [3.63, 3.8) is 0 Å². The van der Waals surface area contributed by atoms with E-state index in [2.05, 4.69) is 46.0 Å². The van der Waals surface area contributed by atoms with E-state index in [1.54, 1.807) is 21.0 Å². The van der Waals surface area contributed by atoms with Crippen molar-refractivity contribution in [1.82, 2.24) is 10.2 Å². The van der Waals surface area contributed by atoms with Crippen LogP contribution >= 0.6 is 0 Å². The number of hydrogen-bond donors (Lipinski definition) is 9. The summed E-state index contributed by atoms with van der Waals surface area (Å²) in [7, 11) is 1.55. The fraction of sp³-hybridized carbons (Fsp3) is 0.920. The lowest BCUT2D eigenvalue weighted by atomic mass is 9.46. The van der Waals surface area contributed by atoms with Gasteiger partial charge in [-0.3, -0.25) is 9.59 Å². The number of aliphatic hydroxyl groups excluding tert-OH is 7. The number of fused-ring (bicyclic) bond motifs is 5. The Balaban J connectivity index is 1.46. The second kappa shape index (κ2) is 23.4. The molecule has 382 valence electrons. The number of carbonyl (C=O) groups excluding carboxylic acids is 2. The van der Waals surface area contributed by atoms with Gasteiger partial charge in [0, 0.05) is 32.2 Å². The second-order valence-corrected chi connectivity index (χ2v) is 22.1. The van der Waals surface area contributed by atoms with Crippen LogP contribution in [0.15, 0.2) is 11.6 Å². The molecule has 16 heteroatoms. The first-order chi connectivity index (χ1) is 31.1. The average Bonchev–Trinajstić information content (AvgIpc) is 3.63. The number of methoxy groups -OCH3 is 1. The minimum absolute atomic E-state index is 0.0408. The van der Waals surface area contributed by atoms with E-state index in [-0.39, 0.29) is 31.1 Å². The molecule has 0 bridgehead atoms. The van der Waals surface area contributed by atoms with E-state index in [4.69, 9.17) is 18.9 Å². The molecule has 5 aliphatic rings. The Morgan fingerprint density at radius 3 is 2.27 bits per heavy atom. The average molecular weight is 941 g/mol. The lowest BCUT2D eigenvalue weighted by Crippen LogP contribution is -2.67. The van der Waals surface area contributed by atoms with E-state index in [1.807, 2.05) is 0 Å². The topological polar surface area (TPSA) is 248 Å². The van der Waals surface area contributed by atoms with Gasteiger partial charge in [0.05, 0.1) is 26.4 Å². The highest BCUT2D eigenvalue weighted by Gasteiger charge is 2.60. The van der Waals surface area contributed by atoms with Crippen LogP contribution in [0.4, 0.5) is 0 Å². The molecule has 16 nitrogen and oxygen atoms in total. The van der Waals surface area contributed by atoms with Crippen LogP contribution in [-0.2, 0) is 28.5 Å². The van der Waals surface area contributed by atoms with Gasteiger partial charge in [-0.25, -0.2) is 0 Å². The normalized spacial score (nSPS) is 36.6. The van der Waals surface area contributed by atoms with E-state index in [1.165, 1.54) is 49.0 Å². The number of amides is 2. The lowest BCUT2D eigenvalue weighted by molar-refractivity contribution is -0.329. The van der Waals surface area contributed by atoms with Crippen molar-refractivity contribution < 1.29 is 69.4 Å². The van der Waals surface area contributed by atoms with E-state index in [0.717, 1.165) is 38.0 Å². The monoisotopic (exact) mass is 941 g/mol. The third kappa shape index (κ3) is 11.7. The van der Waals surface area contributed by atoms with E-state index >= 15 is 4.79 Å². The highest BCUT2D eigenvalue weighted by molar-refractivity contribution is 5.92. The Hall–Kier alpha value is -1.80. The summed E-state index contributed by atoms with van der Waals surface area (Å²) in [5, 5.41) is 89.7. The Bertz CT molecular complexity index is 1600. The van der Waals surface area contributed by atoms with Crippen LogP contribution in [-0.4, -0.2) is 170 Å². The molecule has 2 amide bonds. The summed E-state index contributed by atoms with van der Waals surface area (Å²) in [6.07, 6.45) is -1.42. The van der Waals surface area contributed by atoms with Crippen molar-refractivity contribution >= 4 is 11.8 Å². The smallest absolute Gasteiger partial charge is 0.258 e. The molecular weight excluding hydrogens is 853 g/mol. The van der Waals surface area contributed by atoms with Gasteiger partial charge in [0.15, 0.2) is 11.9 Å². The Morgan fingerprint density at radius 1 is 0.924 bits per heavy atom. The standard InChI is InChI=1S/C50H88N2O14/c1-28(2)11-10-12-30(5)34-15-16-35-33-14-13-31-25-32(17-20-48(31,6)36(33)18-21-49(34,35)7)52(37(45(60)51-29(3)4)19-22-64-24-23-63-9)47(61)50(8,62)44(59)43(38(55)26-53)66-46-42(58)41(57)40(56)39(27-54)65-46/h13,28-30,32-44,46,53-59,62H,10-12,14-27H2,1-9H3,(H,51,60)/t30-,32?,33+,34-,35+,36+,37?,38?,39?,40+,41-,42?,43?,44?,46+,48+,49-,50?/m1/s1. The highest BCUT2D eigenvalue weighted by atomic mass is 16.7. The minimum atomic E-state index is -2.80. The number of carbonyl (C=O) groups is 2. The summed E-state index contributed by atoms with van der Waals surface area (Å²) in [6.45, 7) is 15.5. The molecule has 1 aliphatic heterocycles. The number of ether oxygens (including phenoxy) is 4. The predicted molar refractivity (Wildman–Crippen MR) is 246 cm³/mol. The second-order valence-electron chi connectivity index (χ2n) is 22.1. The van der Waals surface area contributed by atoms with Gasteiger partial charge in [-0.2, -0.15) is 0 Å². The van der Waals surface area contributed by atoms with Crippen LogP contribution in [0.1, 0.15) is 132 Å². The molecule has 5 rings (SSSR count). The van der Waals surface area contributed by atoms with Crippen molar-refractivity contribution in [2.45, 2.75) is 205 Å². The number of hydrogen-bond acceptors (Lipinski definition) is 14. The fourth-order valence-corrected chi connectivity index (χ4v) is 13.2. The summed E-state index contributed by atoms with van der Waals surface area (Å²) in [5.41, 5.74) is -1.39. The molecular formula is C50H88N2O14. The molecule has 0 radical (unpaired) electrons. The van der Waals surface area contributed by atoms with Crippen LogP contribution in [0, 0.1) is 46.3 Å². The third-order valence-electron chi connectivity index (χ3n) is 17.0. The maximum atomic E-state index is 15.3.